The van der Waals surface area contributed by atoms with Crippen molar-refractivity contribution >= 4 is 43.6 Å². The third kappa shape index (κ3) is 3.98. The summed E-state index contributed by atoms with van der Waals surface area (Å²) in [4.78, 5) is 0. The van der Waals surface area contributed by atoms with Crippen molar-refractivity contribution in [2.24, 2.45) is 0 Å². The lowest BCUT2D eigenvalue weighted by molar-refractivity contribution is 1.17. The van der Waals surface area contributed by atoms with E-state index in [2.05, 4.69) is 155 Å². The van der Waals surface area contributed by atoms with Crippen LogP contribution >= 0.6 is 0 Å². The molecule has 9 rings (SSSR count). The first-order chi connectivity index (χ1) is 22.8. The number of hydrogen-bond acceptors (Lipinski definition) is 1. The van der Waals surface area contributed by atoms with Crippen molar-refractivity contribution in [2.45, 2.75) is 0 Å². The smallest absolute Gasteiger partial charge is 0.0991 e. The van der Waals surface area contributed by atoms with Crippen LogP contribution in [-0.2, 0) is 0 Å². The molecule has 0 unspecified atom stereocenters. The second-order valence-corrected chi connectivity index (χ2v) is 11.7. The molecule has 0 saturated heterocycles. The normalized spacial score (nSPS) is 11.5. The van der Waals surface area contributed by atoms with E-state index in [1.807, 2.05) is 24.3 Å². The Bertz CT molecular complexity index is 2610. The molecule has 0 radical (unpaired) electrons. The van der Waals surface area contributed by atoms with E-state index in [0.29, 0.717) is 5.56 Å². The van der Waals surface area contributed by atoms with Crippen LogP contribution in [0.15, 0.2) is 164 Å². The molecule has 0 fully saturated rings. The van der Waals surface area contributed by atoms with Crippen molar-refractivity contribution in [3.63, 3.8) is 0 Å². The fraction of sp³-hybridized carbons (Fsp3) is 0. The topological polar surface area (TPSA) is 33.6 Å². The Hall–Kier alpha value is -6.37. The first-order valence-corrected chi connectivity index (χ1v) is 15.5. The molecular weight excluding hydrogens is 558 g/mol. The molecular formula is C43H27N3. The lowest BCUT2D eigenvalue weighted by atomic mass is 10.0. The van der Waals surface area contributed by atoms with Crippen LogP contribution in [-0.4, -0.2) is 9.13 Å². The molecule has 46 heavy (non-hydrogen) atoms. The number of fused-ring (bicyclic) bond motifs is 7. The molecule has 0 aliphatic heterocycles. The molecule has 0 atom stereocenters. The molecule has 2 aromatic heterocycles. The molecule has 0 amide bonds. The second kappa shape index (κ2) is 10.4. The lowest BCUT2D eigenvalue weighted by Gasteiger charge is -2.11. The third-order valence-electron chi connectivity index (χ3n) is 9.16. The van der Waals surface area contributed by atoms with Crippen molar-refractivity contribution in [1.82, 2.24) is 9.13 Å². The Balaban J connectivity index is 1.28. The zero-order valence-electron chi connectivity index (χ0n) is 24.9. The first kappa shape index (κ1) is 26.1. The molecule has 0 saturated carbocycles. The molecule has 0 aliphatic rings. The fourth-order valence-corrected chi connectivity index (χ4v) is 7.07. The van der Waals surface area contributed by atoms with Crippen LogP contribution in [0.3, 0.4) is 0 Å². The predicted octanol–water partition coefficient (Wildman–Crippen LogP) is 11.1. The second-order valence-electron chi connectivity index (χ2n) is 11.7. The van der Waals surface area contributed by atoms with E-state index < -0.39 is 0 Å². The van der Waals surface area contributed by atoms with Gasteiger partial charge in [0, 0.05) is 32.9 Å². The summed E-state index contributed by atoms with van der Waals surface area (Å²) in [6, 6.07) is 60.2. The molecule has 0 N–H and O–H groups in total. The molecule has 7 aromatic carbocycles. The van der Waals surface area contributed by atoms with E-state index in [0.717, 1.165) is 22.5 Å². The molecule has 3 nitrogen and oxygen atoms in total. The Kier molecular flexibility index (Phi) is 5.88. The summed E-state index contributed by atoms with van der Waals surface area (Å²) in [5.74, 6) is 0. The monoisotopic (exact) mass is 585 g/mol. The maximum absolute atomic E-state index is 9.20. The van der Waals surface area contributed by atoms with Crippen LogP contribution in [0.25, 0.3) is 77.2 Å². The Morgan fingerprint density at radius 1 is 0.370 bits per heavy atom. The van der Waals surface area contributed by atoms with Crippen LogP contribution < -0.4 is 0 Å². The van der Waals surface area contributed by atoms with Gasteiger partial charge < -0.3 is 9.13 Å². The number of benzene rings is 7. The lowest BCUT2D eigenvalue weighted by Crippen LogP contribution is -1.95. The minimum absolute atomic E-state index is 0.669. The Morgan fingerprint density at radius 3 is 1.48 bits per heavy atom. The van der Waals surface area contributed by atoms with E-state index in [9.17, 15) is 5.26 Å². The average Bonchev–Trinajstić information content (AvgIpc) is 3.65. The van der Waals surface area contributed by atoms with E-state index >= 15 is 0 Å². The van der Waals surface area contributed by atoms with Crippen molar-refractivity contribution in [3.05, 3.63) is 169 Å². The number of aromatic nitrogens is 2. The molecule has 0 spiro atoms. The van der Waals surface area contributed by atoms with Gasteiger partial charge in [0.15, 0.2) is 0 Å². The summed E-state index contributed by atoms with van der Waals surface area (Å²) in [6.45, 7) is 0. The largest absolute Gasteiger partial charge is 0.309 e. The summed E-state index contributed by atoms with van der Waals surface area (Å²) < 4.78 is 4.80. The number of hydrogen-bond donors (Lipinski definition) is 0. The first-order valence-electron chi connectivity index (χ1n) is 15.5. The Morgan fingerprint density at radius 2 is 0.870 bits per heavy atom. The molecule has 0 aliphatic carbocycles. The van der Waals surface area contributed by atoms with Crippen molar-refractivity contribution in [3.8, 4) is 39.7 Å². The maximum Gasteiger partial charge on any atom is 0.0991 e. The van der Waals surface area contributed by atoms with Gasteiger partial charge >= 0.3 is 0 Å². The number of rotatable bonds is 4. The maximum atomic E-state index is 9.20. The highest BCUT2D eigenvalue weighted by molar-refractivity contribution is 6.28. The van der Waals surface area contributed by atoms with Crippen LogP contribution in [0.4, 0.5) is 0 Å². The van der Waals surface area contributed by atoms with Gasteiger partial charge in [0.2, 0.25) is 0 Å². The van der Waals surface area contributed by atoms with Crippen LogP contribution in [0.1, 0.15) is 5.56 Å². The highest BCUT2D eigenvalue weighted by Gasteiger charge is 2.20. The molecule has 0 bridgehead atoms. The minimum atomic E-state index is 0.669. The molecule has 2 heterocycles. The molecule has 214 valence electrons. The molecule has 3 heteroatoms. The van der Waals surface area contributed by atoms with Gasteiger partial charge in [0.05, 0.1) is 33.7 Å². The average molecular weight is 586 g/mol. The van der Waals surface area contributed by atoms with E-state index in [1.165, 1.54) is 54.7 Å². The van der Waals surface area contributed by atoms with Crippen LogP contribution in [0, 0.1) is 11.3 Å². The van der Waals surface area contributed by atoms with Gasteiger partial charge in [-0.15, -0.1) is 0 Å². The summed E-state index contributed by atoms with van der Waals surface area (Å²) >= 11 is 0. The Labute approximate surface area is 266 Å². The SMILES string of the molecule is N#Cc1ccc(-c2ccc(-n3c4ccccc4c4c5c6ccccc6n(-c6cccc(-c7ccccc7)c6)c5ccc43)cc2)cc1. The highest BCUT2D eigenvalue weighted by atomic mass is 15.0. The fourth-order valence-electron chi connectivity index (χ4n) is 7.07. The van der Waals surface area contributed by atoms with Crippen molar-refractivity contribution < 1.29 is 0 Å². The minimum Gasteiger partial charge on any atom is -0.309 e. The molecule has 9 aromatic rings. The van der Waals surface area contributed by atoms with E-state index in [-0.39, 0.29) is 0 Å². The standard InChI is InChI=1S/C43H27N3/c44-28-29-17-19-31(20-18-29)32-21-23-34(24-22-32)45-38-15-6-4-13-36(38)42-40(45)25-26-41-43(42)37-14-5-7-16-39(37)46(41)35-12-8-11-33(27-35)30-9-2-1-3-10-30/h1-27H. The van der Waals surface area contributed by atoms with Gasteiger partial charge in [-0.3, -0.25) is 0 Å². The van der Waals surface area contributed by atoms with Crippen molar-refractivity contribution in [2.75, 3.05) is 0 Å². The zero-order chi connectivity index (χ0) is 30.6. The van der Waals surface area contributed by atoms with Gasteiger partial charge in [0.25, 0.3) is 0 Å². The van der Waals surface area contributed by atoms with Gasteiger partial charge in [-0.05, 0) is 82.9 Å². The van der Waals surface area contributed by atoms with Crippen LogP contribution in [0.5, 0.6) is 0 Å². The van der Waals surface area contributed by atoms with Crippen molar-refractivity contribution in [1.29, 1.82) is 5.26 Å². The van der Waals surface area contributed by atoms with Gasteiger partial charge in [-0.1, -0.05) is 103 Å². The summed E-state index contributed by atoms with van der Waals surface area (Å²) in [6.07, 6.45) is 0. The quantitative estimate of drug-likeness (QED) is 0.202. The number of nitriles is 1. The van der Waals surface area contributed by atoms with Gasteiger partial charge in [0.1, 0.15) is 0 Å². The zero-order valence-corrected chi connectivity index (χ0v) is 24.9. The summed E-state index contributed by atoms with van der Waals surface area (Å²) in [5, 5.41) is 14.2. The number of para-hydroxylation sites is 2. The van der Waals surface area contributed by atoms with Crippen LogP contribution in [0.2, 0.25) is 0 Å². The number of nitrogens with zero attached hydrogens (tertiary/aromatic N) is 3. The third-order valence-corrected chi connectivity index (χ3v) is 9.16. The van der Waals surface area contributed by atoms with E-state index in [4.69, 9.17) is 0 Å². The summed E-state index contributed by atoms with van der Waals surface area (Å²) in [5.41, 5.74) is 12.3. The van der Waals surface area contributed by atoms with Gasteiger partial charge in [-0.2, -0.15) is 5.26 Å². The predicted molar refractivity (Wildman–Crippen MR) is 191 cm³/mol. The van der Waals surface area contributed by atoms with E-state index in [1.54, 1.807) is 0 Å². The van der Waals surface area contributed by atoms with Gasteiger partial charge in [-0.25, -0.2) is 0 Å². The highest BCUT2D eigenvalue weighted by Crippen LogP contribution is 2.42. The summed E-state index contributed by atoms with van der Waals surface area (Å²) in [7, 11) is 0.